The Hall–Kier alpha value is -12.4. The molecule has 14 aromatic carbocycles. The van der Waals surface area contributed by atoms with Gasteiger partial charge < -0.3 is 40.1 Å². The highest BCUT2D eigenvalue weighted by molar-refractivity contribution is 7.99. The fourth-order valence-electron chi connectivity index (χ4n) is 13.8. The van der Waals surface area contributed by atoms with E-state index in [1.54, 1.807) is 36.2 Å². The molecule has 1 heterocycles. The van der Waals surface area contributed by atoms with Crippen LogP contribution in [0.5, 0.6) is 46.0 Å². The molecule has 5 N–H and O–H groups in total. The Bertz CT molecular complexity index is 5770. The number of nitrogens with one attached hydrogen (secondary N) is 1. The van der Waals surface area contributed by atoms with E-state index in [1.807, 2.05) is 213 Å². The van der Waals surface area contributed by atoms with Crippen LogP contribution < -0.4 is 19.7 Å². The van der Waals surface area contributed by atoms with Gasteiger partial charge in [0.2, 0.25) is 0 Å². The minimum Gasteiger partial charge on any atom is -0.508 e. The molecule has 0 spiro atoms. The maximum atomic E-state index is 10.8. The summed E-state index contributed by atoms with van der Waals surface area (Å²) < 4.78 is 12.5. The van der Waals surface area contributed by atoms with Crippen molar-refractivity contribution in [2.45, 2.75) is 146 Å². The quantitative estimate of drug-likeness (QED) is 0.0302. The Balaban J connectivity index is 0.000000146. The van der Waals surface area contributed by atoms with E-state index >= 15 is 0 Å². The van der Waals surface area contributed by atoms with Crippen molar-refractivity contribution in [2.24, 2.45) is 9.98 Å². The molecule has 14 aromatic rings. The number of para-hydroxylation sites is 10. The van der Waals surface area contributed by atoms with Crippen molar-refractivity contribution in [1.29, 1.82) is 0 Å². The number of phenolic OH excluding ortho intramolecular Hbond substituents is 4. The number of hydrogen-bond acceptors (Lipinski definition) is 12. The molecular formula is C107H110N4O6S2. The summed E-state index contributed by atoms with van der Waals surface area (Å²) in [6, 6.07) is 99.8. The highest BCUT2D eigenvalue weighted by Crippen LogP contribution is 2.46. The van der Waals surface area contributed by atoms with Crippen LogP contribution in [0.3, 0.4) is 0 Å². The number of aryl methyl sites for hydroxylation is 3. The van der Waals surface area contributed by atoms with Crippen LogP contribution in [0, 0.1) is 19.3 Å². The summed E-state index contributed by atoms with van der Waals surface area (Å²) >= 11 is 3.06. The third-order valence-corrected chi connectivity index (χ3v) is 22.5. The molecule has 0 unspecified atom stereocenters. The van der Waals surface area contributed by atoms with Gasteiger partial charge in [0.15, 0.2) is 5.75 Å². The Morgan fingerprint density at radius 3 is 1.72 bits per heavy atom. The number of aromatic hydroxyl groups is 4. The fourth-order valence-corrected chi connectivity index (χ4v) is 15.4. The predicted molar refractivity (Wildman–Crippen MR) is 505 cm³/mol. The van der Waals surface area contributed by atoms with E-state index in [0.29, 0.717) is 23.3 Å². The van der Waals surface area contributed by atoms with Crippen LogP contribution in [-0.4, -0.2) is 52.2 Å². The molecule has 0 aliphatic carbocycles. The molecule has 0 radical (unpaired) electrons. The third kappa shape index (κ3) is 24.4. The average Bonchev–Trinajstić information content (AvgIpc) is 0.791. The van der Waals surface area contributed by atoms with Gasteiger partial charge in [-0.3, -0.25) is 9.98 Å². The molecule has 606 valence electrons. The molecule has 0 atom stereocenters. The molecule has 119 heavy (non-hydrogen) atoms. The molecule has 1 aliphatic rings. The molecule has 1 fully saturated rings. The zero-order chi connectivity index (χ0) is 84.4. The highest BCUT2D eigenvalue weighted by Gasteiger charge is 2.26. The number of nitrogens with zero attached hydrogens (tertiary/aromatic N) is 3. The van der Waals surface area contributed by atoms with Crippen LogP contribution in [0.4, 0.5) is 28.4 Å². The molecule has 0 bridgehead atoms. The summed E-state index contributed by atoms with van der Waals surface area (Å²) in [7, 11) is 0. The molecule has 0 aromatic heterocycles. The molecule has 10 nitrogen and oxygen atoms in total. The van der Waals surface area contributed by atoms with Crippen molar-refractivity contribution in [1.82, 2.24) is 0 Å². The highest BCUT2D eigenvalue weighted by atomic mass is 32.2. The van der Waals surface area contributed by atoms with Crippen molar-refractivity contribution in [3.63, 3.8) is 0 Å². The second kappa shape index (κ2) is 42.1. The summed E-state index contributed by atoms with van der Waals surface area (Å²) in [6.45, 7) is 26.2. The second-order valence-electron chi connectivity index (χ2n) is 32.1. The smallest absolute Gasteiger partial charge is 0.150 e. The van der Waals surface area contributed by atoms with Gasteiger partial charge in [-0.05, 0) is 232 Å². The second-order valence-corrected chi connectivity index (χ2v) is 34.0. The number of phenols is 4. The Kier molecular flexibility index (Phi) is 31.0. The van der Waals surface area contributed by atoms with Crippen LogP contribution in [0.2, 0.25) is 0 Å². The number of rotatable bonds is 19. The predicted octanol–water partition coefficient (Wildman–Crippen LogP) is 29.2. The van der Waals surface area contributed by atoms with Gasteiger partial charge >= 0.3 is 0 Å². The minimum atomic E-state index is -0.134. The summed E-state index contributed by atoms with van der Waals surface area (Å²) in [6.07, 6.45) is 16.6. The lowest BCUT2D eigenvalue weighted by molar-refractivity contribution is 0.444. The maximum Gasteiger partial charge on any atom is 0.150 e. The van der Waals surface area contributed by atoms with Crippen LogP contribution in [0.15, 0.2) is 328 Å². The van der Waals surface area contributed by atoms with E-state index < -0.39 is 0 Å². The van der Waals surface area contributed by atoms with Crippen molar-refractivity contribution in [3.8, 4) is 58.3 Å². The zero-order valence-corrected chi connectivity index (χ0v) is 72.1. The van der Waals surface area contributed by atoms with Crippen molar-refractivity contribution < 1.29 is 29.9 Å². The number of anilines is 3. The monoisotopic (exact) mass is 1610 g/mol. The summed E-state index contributed by atoms with van der Waals surface area (Å²) in [5, 5.41) is 48.9. The molecule has 12 heteroatoms. The molecular weight excluding hydrogens is 1500 g/mol. The van der Waals surface area contributed by atoms with Gasteiger partial charge in [0.05, 0.1) is 32.5 Å². The first-order chi connectivity index (χ1) is 57.4. The zero-order valence-electron chi connectivity index (χ0n) is 70.5. The first kappa shape index (κ1) is 87.4. The lowest BCUT2D eigenvalue weighted by Gasteiger charge is -2.29. The van der Waals surface area contributed by atoms with E-state index in [0.717, 1.165) is 141 Å². The minimum absolute atomic E-state index is 0.00741. The van der Waals surface area contributed by atoms with Gasteiger partial charge in [-0.15, -0.1) is 18.2 Å². The van der Waals surface area contributed by atoms with Crippen molar-refractivity contribution in [3.05, 3.63) is 359 Å². The van der Waals surface area contributed by atoms with E-state index in [2.05, 4.69) is 187 Å². The molecule has 1 saturated heterocycles. The average molecular weight is 1610 g/mol. The first-order valence-electron chi connectivity index (χ1n) is 40.8. The first-order valence-corrected chi connectivity index (χ1v) is 42.9. The topological polar surface area (TPSA) is 139 Å². The van der Waals surface area contributed by atoms with Crippen LogP contribution in [-0.2, 0) is 23.7 Å². The summed E-state index contributed by atoms with van der Waals surface area (Å²) in [5.41, 5.74) is 15.8. The molecule has 0 saturated carbocycles. The number of piperidine rings is 1. The molecule has 0 amide bonds. The van der Waals surface area contributed by atoms with Crippen molar-refractivity contribution in [2.75, 3.05) is 29.6 Å². The van der Waals surface area contributed by atoms with Gasteiger partial charge in [0.25, 0.3) is 0 Å². The SMILES string of the molecule is C#Cc1ccc(C=Nc2ccccc2N2CCCCC2)cc1.CSc1ccccc1N=Cc1cc(C(C)(C)C)cc(C(C)(C)C)c1O.Cc1ccccc1Nc1ccccc1Oc1c(C(C)C)cccc1C(C)C.Oc1cc2ccccc2cc1Sc1c(O)ccc2ccccc12.Oc1ccccc1CCc1ccccc1Oc1ccccc1. The maximum absolute atomic E-state index is 10.8. The Labute approximate surface area is 713 Å². The Morgan fingerprint density at radius 2 is 1.06 bits per heavy atom. The van der Waals surface area contributed by atoms with Gasteiger partial charge in [-0.1, -0.05) is 287 Å². The van der Waals surface area contributed by atoms with Crippen LogP contribution in [0.1, 0.15) is 156 Å². The van der Waals surface area contributed by atoms with E-state index in [-0.39, 0.29) is 22.3 Å². The number of thioether (sulfide) groups is 1. The third-order valence-electron chi connectivity index (χ3n) is 20.6. The Morgan fingerprint density at radius 1 is 0.487 bits per heavy atom. The lowest BCUT2D eigenvalue weighted by atomic mass is 9.79. The standard InChI is InChI=1S/C25H29NO.C22H29NOS.C20H20N2.C20H14O2S.C20H18O2/c1-17(2)20-12-10-13-21(18(3)4)25(20)27-24-16-9-8-15-23(24)26-22-14-7-6-11-19(22)5;1-21(2,3)16-12-15(20(24)17(13-16)22(4,5)6)14-23-18-10-8-9-11-19(18)25-7;1-2-17-10-12-18(13-11-17)16-21-19-8-4-5-9-20(19)22-14-6-3-7-15-22;21-17-10-9-13-5-3-4-8-16(13)20(17)23-19-12-15-7-2-1-6-14(15)11-18(19)22;21-19-12-6-4-8-16(19)14-15-17-9-5-7-13-20(17)22-18-10-2-1-3-11-18/h6-18,26H,1-5H3;8-14,24H,1-7H3;1,4-5,8-13,16H,3,6-7,14-15H2;1-12,21-22H;1-13,21H,14-15H2. The molecule has 1 aliphatic heterocycles. The van der Waals surface area contributed by atoms with E-state index in [4.69, 9.17) is 15.9 Å². The fraction of sp³-hybridized carbons (Fsp3) is 0.215. The van der Waals surface area contributed by atoms with Crippen LogP contribution >= 0.6 is 23.5 Å². The molecule has 15 rings (SSSR count). The van der Waals surface area contributed by atoms with Crippen LogP contribution in [0.25, 0.3) is 21.5 Å². The number of aliphatic imine (C=N–C) groups is 2. The summed E-state index contributed by atoms with van der Waals surface area (Å²) in [4.78, 5) is 14.4. The van der Waals surface area contributed by atoms with Gasteiger partial charge in [-0.2, -0.15) is 0 Å². The largest absolute Gasteiger partial charge is 0.508 e. The normalized spacial score (nSPS) is 12.0. The van der Waals surface area contributed by atoms with Crippen molar-refractivity contribution >= 4 is 85.9 Å². The number of hydrogen-bond donors (Lipinski definition) is 5. The number of ether oxygens (including phenoxy) is 2. The number of benzene rings is 14. The lowest BCUT2D eigenvalue weighted by Crippen LogP contribution is -2.29. The number of fused-ring (bicyclic) bond motifs is 2. The number of terminal acetylenes is 1. The van der Waals surface area contributed by atoms with E-state index in [1.165, 1.54) is 59.0 Å². The summed E-state index contributed by atoms with van der Waals surface area (Å²) in [5.74, 6) is 8.07. The van der Waals surface area contributed by atoms with Gasteiger partial charge in [0.1, 0.15) is 40.2 Å². The van der Waals surface area contributed by atoms with Gasteiger partial charge in [-0.25, -0.2) is 0 Å². The van der Waals surface area contributed by atoms with Gasteiger partial charge in [0, 0.05) is 52.8 Å². The van der Waals surface area contributed by atoms with E-state index in [9.17, 15) is 20.4 Å².